The molecular weight excluding hydrogens is 336 g/mol. The lowest BCUT2D eigenvalue weighted by molar-refractivity contribution is -0.158. The maximum Gasteiger partial charge on any atom is 0.328 e. The van der Waals surface area contributed by atoms with Crippen molar-refractivity contribution in [2.75, 3.05) is 19.8 Å². The molecule has 2 N–H and O–H groups in total. The number of nitrogens with one attached hydrogen (secondary N) is 1. The molecule has 2 rings (SSSR count). The Labute approximate surface area is 144 Å². The number of hydrogen-bond donors (Lipinski definition) is 2. The molecule has 1 aliphatic heterocycles. The van der Waals surface area contributed by atoms with E-state index in [1.807, 2.05) is 0 Å². The molecule has 2 atom stereocenters. The third kappa shape index (κ3) is 4.69. The molecule has 0 unspecified atom stereocenters. The van der Waals surface area contributed by atoms with Crippen molar-refractivity contribution in [2.45, 2.75) is 25.4 Å². The number of carbonyl (C=O) groups excluding carboxylic acids is 2. The Hall–Kier alpha value is -2.12. The highest BCUT2D eigenvalue weighted by molar-refractivity contribution is 6.30. The first-order chi connectivity index (χ1) is 11.4. The summed E-state index contributed by atoms with van der Waals surface area (Å²) in [5, 5.41) is 12.5. The molecule has 0 aliphatic carbocycles. The van der Waals surface area contributed by atoms with Crippen molar-refractivity contribution in [1.29, 1.82) is 0 Å². The molecule has 0 aromatic heterocycles. The van der Waals surface area contributed by atoms with Gasteiger partial charge in [-0.2, -0.15) is 0 Å². The second-order valence-electron chi connectivity index (χ2n) is 5.52. The van der Waals surface area contributed by atoms with Crippen LogP contribution < -0.4 is 5.32 Å². The van der Waals surface area contributed by atoms with Gasteiger partial charge in [0.2, 0.25) is 11.8 Å². The van der Waals surface area contributed by atoms with Gasteiger partial charge in [0.15, 0.2) is 6.04 Å². The molecule has 24 heavy (non-hydrogen) atoms. The number of benzene rings is 1. The fourth-order valence-electron chi connectivity index (χ4n) is 2.59. The van der Waals surface area contributed by atoms with Gasteiger partial charge in [-0.25, -0.2) is 4.79 Å². The highest BCUT2D eigenvalue weighted by Gasteiger charge is 2.33. The molecule has 1 aliphatic rings. The molecule has 130 valence electrons. The van der Waals surface area contributed by atoms with Crippen LogP contribution in [-0.2, 0) is 19.1 Å². The van der Waals surface area contributed by atoms with E-state index < -0.39 is 18.1 Å². The summed E-state index contributed by atoms with van der Waals surface area (Å²) in [6.45, 7) is 1.83. The Morgan fingerprint density at radius 1 is 1.38 bits per heavy atom. The minimum Gasteiger partial charge on any atom is -0.480 e. The lowest BCUT2D eigenvalue weighted by atomic mass is 10.0. The summed E-state index contributed by atoms with van der Waals surface area (Å²) in [4.78, 5) is 36.6. The predicted octanol–water partition coefficient (Wildman–Crippen LogP) is 1.22. The molecule has 1 saturated heterocycles. The van der Waals surface area contributed by atoms with Crippen molar-refractivity contribution in [1.82, 2.24) is 10.2 Å². The van der Waals surface area contributed by atoms with Gasteiger partial charge in [0.25, 0.3) is 0 Å². The summed E-state index contributed by atoms with van der Waals surface area (Å²) in [5.41, 5.74) is 0.725. The SMILES string of the molecule is CC(=O)N[C@H](CC(=O)N1CCOC[C@H]1C(=O)O)c1ccc(Cl)cc1. The monoisotopic (exact) mass is 354 g/mol. The van der Waals surface area contributed by atoms with E-state index in [0.717, 1.165) is 5.56 Å². The molecule has 1 heterocycles. The van der Waals surface area contributed by atoms with Crippen molar-refractivity contribution in [3.63, 3.8) is 0 Å². The summed E-state index contributed by atoms with van der Waals surface area (Å²) in [7, 11) is 0. The fourth-order valence-corrected chi connectivity index (χ4v) is 2.72. The number of amides is 2. The van der Waals surface area contributed by atoms with Crippen LogP contribution in [0.4, 0.5) is 0 Å². The van der Waals surface area contributed by atoms with E-state index in [-0.39, 0.29) is 31.4 Å². The highest BCUT2D eigenvalue weighted by atomic mass is 35.5. The summed E-state index contributed by atoms with van der Waals surface area (Å²) >= 11 is 5.86. The number of nitrogens with zero attached hydrogens (tertiary/aromatic N) is 1. The smallest absolute Gasteiger partial charge is 0.328 e. The summed E-state index contributed by atoms with van der Waals surface area (Å²) in [6, 6.07) is 5.24. The van der Waals surface area contributed by atoms with Crippen molar-refractivity contribution in [2.24, 2.45) is 0 Å². The first kappa shape index (κ1) is 18.2. The third-order valence-corrected chi connectivity index (χ3v) is 4.01. The number of halogens is 1. The average Bonchev–Trinajstić information content (AvgIpc) is 2.54. The predicted molar refractivity (Wildman–Crippen MR) is 86.6 cm³/mol. The fraction of sp³-hybridized carbons (Fsp3) is 0.438. The zero-order valence-electron chi connectivity index (χ0n) is 13.2. The summed E-state index contributed by atoms with van der Waals surface area (Å²) in [6.07, 6.45) is -0.0367. The molecule has 0 saturated carbocycles. The van der Waals surface area contributed by atoms with Gasteiger partial charge < -0.3 is 20.1 Å². The number of carboxylic acid groups (broad SMARTS) is 1. The number of carbonyl (C=O) groups is 3. The van der Waals surface area contributed by atoms with Gasteiger partial charge in [-0.15, -0.1) is 0 Å². The second kappa shape index (κ2) is 8.12. The zero-order chi connectivity index (χ0) is 17.7. The van der Waals surface area contributed by atoms with Crippen molar-refractivity contribution >= 4 is 29.4 Å². The number of aliphatic carboxylic acids is 1. The summed E-state index contributed by atoms with van der Waals surface area (Å²) in [5.74, 6) is -1.73. The number of carboxylic acids is 1. The number of rotatable bonds is 5. The van der Waals surface area contributed by atoms with Crippen LogP contribution in [-0.4, -0.2) is 53.6 Å². The van der Waals surface area contributed by atoms with Crippen molar-refractivity contribution in [3.05, 3.63) is 34.9 Å². The van der Waals surface area contributed by atoms with Crippen molar-refractivity contribution < 1.29 is 24.2 Å². The lowest BCUT2D eigenvalue weighted by Gasteiger charge is -2.34. The lowest BCUT2D eigenvalue weighted by Crippen LogP contribution is -2.53. The topological polar surface area (TPSA) is 95.9 Å². The standard InChI is InChI=1S/C16H19ClN2O5/c1-10(20)18-13(11-2-4-12(17)5-3-11)8-15(21)19-6-7-24-9-14(19)16(22)23/h2-5,13-14H,6-9H2,1H3,(H,18,20)(H,22,23)/t13-,14+/m1/s1. The number of morpholine rings is 1. The Morgan fingerprint density at radius 2 is 2.04 bits per heavy atom. The van der Waals surface area contributed by atoms with E-state index in [2.05, 4.69) is 5.32 Å². The highest BCUT2D eigenvalue weighted by Crippen LogP contribution is 2.22. The first-order valence-corrected chi connectivity index (χ1v) is 7.89. The van der Waals surface area contributed by atoms with Gasteiger partial charge >= 0.3 is 5.97 Å². The molecule has 7 nitrogen and oxygen atoms in total. The van der Waals surface area contributed by atoms with Crippen LogP contribution in [0.25, 0.3) is 0 Å². The molecule has 1 fully saturated rings. The Kier molecular flexibility index (Phi) is 6.16. The van der Waals surface area contributed by atoms with Crippen LogP contribution >= 0.6 is 11.6 Å². The number of hydrogen-bond acceptors (Lipinski definition) is 4. The van der Waals surface area contributed by atoms with Crippen LogP contribution in [0, 0.1) is 0 Å². The van der Waals surface area contributed by atoms with E-state index in [4.69, 9.17) is 16.3 Å². The molecule has 1 aromatic rings. The van der Waals surface area contributed by atoms with Gasteiger partial charge in [-0.1, -0.05) is 23.7 Å². The Morgan fingerprint density at radius 3 is 2.62 bits per heavy atom. The minimum absolute atomic E-state index is 0.0349. The molecule has 8 heteroatoms. The molecule has 1 aromatic carbocycles. The van der Waals surface area contributed by atoms with Crippen LogP contribution in [0.15, 0.2) is 24.3 Å². The normalized spacial score (nSPS) is 18.8. The Bertz CT molecular complexity index is 619. The van der Waals surface area contributed by atoms with Crippen LogP contribution in [0.3, 0.4) is 0 Å². The minimum atomic E-state index is -1.11. The van der Waals surface area contributed by atoms with Gasteiger partial charge in [0.05, 0.1) is 25.7 Å². The van der Waals surface area contributed by atoms with Gasteiger partial charge in [-0.3, -0.25) is 9.59 Å². The summed E-state index contributed by atoms with van der Waals surface area (Å²) < 4.78 is 5.13. The molecular formula is C16H19ClN2O5. The van der Waals surface area contributed by atoms with Crippen LogP contribution in [0.2, 0.25) is 5.02 Å². The molecule has 0 radical (unpaired) electrons. The van der Waals surface area contributed by atoms with E-state index in [0.29, 0.717) is 11.6 Å². The maximum atomic E-state index is 12.6. The number of ether oxygens (including phenoxy) is 1. The van der Waals surface area contributed by atoms with E-state index in [1.165, 1.54) is 11.8 Å². The second-order valence-corrected chi connectivity index (χ2v) is 5.96. The van der Waals surface area contributed by atoms with E-state index in [9.17, 15) is 19.5 Å². The van der Waals surface area contributed by atoms with Gasteiger partial charge in [-0.05, 0) is 17.7 Å². The zero-order valence-corrected chi connectivity index (χ0v) is 14.0. The molecule has 0 bridgehead atoms. The van der Waals surface area contributed by atoms with Crippen LogP contribution in [0.1, 0.15) is 24.9 Å². The molecule has 0 spiro atoms. The van der Waals surface area contributed by atoms with E-state index >= 15 is 0 Å². The first-order valence-electron chi connectivity index (χ1n) is 7.51. The Balaban J connectivity index is 2.15. The quantitative estimate of drug-likeness (QED) is 0.828. The average molecular weight is 355 g/mol. The van der Waals surface area contributed by atoms with Crippen LogP contribution in [0.5, 0.6) is 0 Å². The third-order valence-electron chi connectivity index (χ3n) is 3.76. The largest absolute Gasteiger partial charge is 0.480 e. The maximum absolute atomic E-state index is 12.6. The van der Waals surface area contributed by atoms with Gasteiger partial charge in [0, 0.05) is 18.5 Å². The van der Waals surface area contributed by atoms with E-state index in [1.54, 1.807) is 24.3 Å². The van der Waals surface area contributed by atoms with Gasteiger partial charge in [0.1, 0.15) is 0 Å². The van der Waals surface area contributed by atoms with Crippen molar-refractivity contribution in [3.8, 4) is 0 Å². The molecule has 2 amide bonds.